The van der Waals surface area contributed by atoms with Crippen molar-refractivity contribution in [3.8, 4) is 5.75 Å². The predicted molar refractivity (Wildman–Crippen MR) is 124 cm³/mol. The number of piperidine rings is 3. The van der Waals surface area contributed by atoms with E-state index in [9.17, 15) is 5.11 Å². The average molecular weight is 415 g/mol. The smallest absolute Gasteiger partial charge is 0.119 e. The van der Waals surface area contributed by atoms with Crippen molar-refractivity contribution in [2.45, 2.75) is 31.4 Å². The van der Waals surface area contributed by atoms with E-state index in [2.05, 4.69) is 52.9 Å². The van der Waals surface area contributed by atoms with E-state index < -0.39 is 0 Å². The van der Waals surface area contributed by atoms with E-state index in [-0.39, 0.29) is 12.5 Å². The quantitative estimate of drug-likeness (QED) is 0.591. The molecular formula is C27H30N2O2. The molecule has 1 unspecified atom stereocenters. The van der Waals surface area contributed by atoms with Crippen LogP contribution in [0.1, 0.15) is 35.4 Å². The molecule has 4 nitrogen and oxygen atoms in total. The van der Waals surface area contributed by atoms with Crippen LogP contribution in [0.25, 0.3) is 10.9 Å². The number of methoxy groups -OCH3 is 1. The molecule has 4 heterocycles. The van der Waals surface area contributed by atoms with Crippen molar-refractivity contribution in [3.63, 3.8) is 0 Å². The van der Waals surface area contributed by atoms with Crippen molar-refractivity contribution >= 4 is 10.9 Å². The molecule has 2 aromatic carbocycles. The Morgan fingerprint density at radius 3 is 2.84 bits per heavy atom. The molecule has 160 valence electrons. The molecule has 0 saturated carbocycles. The molecule has 2 bridgehead atoms. The number of benzene rings is 2. The fourth-order valence-electron chi connectivity index (χ4n) is 5.83. The second-order valence-electron chi connectivity index (χ2n) is 8.86. The lowest BCUT2D eigenvalue weighted by Crippen LogP contribution is -2.55. The Morgan fingerprint density at radius 2 is 2.10 bits per heavy atom. The normalized spacial score (nSPS) is 26.0. The molecule has 0 aliphatic carbocycles. The van der Waals surface area contributed by atoms with Gasteiger partial charge in [-0.15, -0.1) is 6.58 Å². The number of hydrogen-bond acceptors (Lipinski definition) is 4. The van der Waals surface area contributed by atoms with Gasteiger partial charge in [0.25, 0.3) is 0 Å². The van der Waals surface area contributed by atoms with Gasteiger partial charge in [-0.05, 0) is 72.2 Å². The van der Waals surface area contributed by atoms with Crippen molar-refractivity contribution in [3.05, 3.63) is 84.1 Å². The van der Waals surface area contributed by atoms with Crippen LogP contribution in [-0.4, -0.2) is 41.2 Å². The first kappa shape index (κ1) is 20.2. The molecule has 6 rings (SSSR count). The highest BCUT2D eigenvalue weighted by Gasteiger charge is 2.43. The molecule has 3 saturated heterocycles. The average Bonchev–Trinajstić information content (AvgIpc) is 2.84. The van der Waals surface area contributed by atoms with Crippen LogP contribution in [-0.2, 0) is 6.61 Å². The third-order valence-electron chi connectivity index (χ3n) is 7.42. The zero-order chi connectivity index (χ0) is 21.4. The lowest BCUT2D eigenvalue weighted by Gasteiger charge is -2.52. The second kappa shape index (κ2) is 8.45. The Bertz CT molecular complexity index is 1100. The van der Waals surface area contributed by atoms with Crippen molar-refractivity contribution in [1.82, 2.24) is 9.88 Å². The van der Waals surface area contributed by atoms with Crippen molar-refractivity contribution in [2.75, 3.05) is 20.2 Å². The van der Waals surface area contributed by atoms with Crippen LogP contribution in [0.5, 0.6) is 5.75 Å². The second-order valence-corrected chi connectivity index (χ2v) is 8.86. The van der Waals surface area contributed by atoms with Crippen LogP contribution in [0.15, 0.2) is 67.4 Å². The number of aliphatic hydroxyl groups is 1. The molecule has 3 aliphatic rings. The number of aromatic nitrogens is 1. The molecule has 31 heavy (non-hydrogen) atoms. The van der Waals surface area contributed by atoms with Crippen LogP contribution < -0.4 is 4.74 Å². The van der Waals surface area contributed by atoms with Crippen molar-refractivity contribution in [2.24, 2.45) is 11.8 Å². The summed E-state index contributed by atoms with van der Waals surface area (Å²) in [6, 6.07) is 17.0. The molecular weight excluding hydrogens is 384 g/mol. The molecule has 0 spiro atoms. The highest BCUT2D eigenvalue weighted by Crippen LogP contribution is 2.46. The van der Waals surface area contributed by atoms with Crippen LogP contribution >= 0.6 is 0 Å². The van der Waals surface area contributed by atoms with Crippen molar-refractivity contribution in [1.29, 1.82) is 0 Å². The van der Waals surface area contributed by atoms with E-state index in [1.165, 1.54) is 17.5 Å². The molecule has 3 aromatic rings. The van der Waals surface area contributed by atoms with Crippen LogP contribution in [0.2, 0.25) is 0 Å². The SMILES string of the molecule is C=C[C@H]1CN2CC[C@H]1C[C@@H]2[C@H](c1ccccc1CO)c1ccnc2ccc(OC)cc12. The van der Waals surface area contributed by atoms with E-state index in [0.29, 0.717) is 17.9 Å². The molecule has 4 heteroatoms. The van der Waals surface area contributed by atoms with Gasteiger partial charge in [-0.25, -0.2) is 0 Å². The summed E-state index contributed by atoms with van der Waals surface area (Å²) in [6.45, 7) is 6.34. The van der Waals surface area contributed by atoms with E-state index in [0.717, 1.165) is 41.7 Å². The number of pyridine rings is 1. The summed E-state index contributed by atoms with van der Waals surface area (Å²) in [5.41, 5.74) is 4.46. The summed E-state index contributed by atoms with van der Waals surface area (Å²) in [5.74, 6) is 2.26. The summed E-state index contributed by atoms with van der Waals surface area (Å²) < 4.78 is 5.54. The lowest BCUT2D eigenvalue weighted by atomic mass is 9.69. The molecule has 1 aromatic heterocycles. The third-order valence-corrected chi connectivity index (χ3v) is 7.42. The van der Waals surface area contributed by atoms with Crippen LogP contribution in [0, 0.1) is 11.8 Å². The van der Waals surface area contributed by atoms with Gasteiger partial charge in [0.1, 0.15) is 5.75 Å². The maximum atomic E-state index is 10.2. The summed E-state index contributed by atoms with van der Waals surface area (Å²) in [4.78, 5) is 7.27. The minimum Gasteiger partial charge on any atom is -0.497 e. The van der Waals surface area contributed by atoms with E-state index >= 15 is 0 Å². The molecule has 3 aliphatic heterocycles. The first-order valence-electron chi connectivity index (χ1n) is 11.2. The predicted octanol–water partition coefficient (Wildman–Crippen LogP) is 4.76. The summed E-state index contributed by atoms with van der Waals surface area (Å²) in [5, 5.41) is 11.3. The Morgan fingerprint density at radius 1 is 1.23 bits per heavy atom. The Kier molecular flexibility index (Phi) is 5.51. The number of nitrogens with zero attached hydrogens (tertiary/aromatic N) is 2. The first-order valence-corrected chi connectivity index (χ1v) is 11.2. The van der Waals surface area contributed by atoms with E-state index in [1.807, 2.05) is 24.4 Å². The molecule has 0 radical (unpaired) electrons. The van der Waals surface area contributed by atoms with Gasteiger partial charge in [0.2, 0.25) is 0 Å². The fourth-order valence-corrected chi connectivity index (χ4v) is 5.83. The maximum Gasteiger partial charge on any atom is 0.119 e. The van der Waals surface area contributed by atoms with Crippen molar-refractivity contribution < 1.29 is 9.84 Å². The fraction of sp³-hybridized carbons (Fsp3) is 0.370. The van der Waals surface area contributed by atoms with Crippen LogP contribution in [0.3, 0.4) is 0 Å². The standard InChI is InChI=1S/C27H30N2O2/c1-3-18-16-29-13-11-19(18)14-26(29)27(22-7-5-4-6-20(22)17-30)23-10-12-28-25-9-8-21(31-2)15-24(23)25/h3-10,12,15,18-19,26-27,30H,1,11,13-14,16-17H2,2H3/t18-,19-,26+,27+/m0/s1. The zero-order valence-electron chi connectivity index (χ0n) is 18.1. The highest BCUT2D eigenvalue weighted by atomic mass is 16.5. The van der Waals surface area contributed by atoms with Gasteiger partial charge < -0.3 is 9.84 Å². The number of rotatable bonds is 6. The van der Waals surface area contributed by atoms with Crippen LogP contribution in [0.4, 0.5) is 0 Å². The Labute approximate surface area is 184 Å². The third kappa shape index (κ3) is 3.54. The van der Waals surface area contributed by atoms with Gasteiger partial charge in [0, 0.05) is 30.1 Å². The number of fused-ring (bicyclic) bond motifs is 4. The van der Waals surface area contributed by atoms with Gasteiger partial charge in [-0.2, -0.15) is 0 Å². The number of hydrogen-bond donors (Lipinski definition) is 1. The monoisotopic (exact) mass is 414 g/mol. The summed E-state index contributed by atoms with van der Waals surface area (Å²) in [7, 11) is 1.71. The Balaban J connectivity index is 1.69. The topological polar surface area (TPSA) is 45.6 Å². The van der Waals surface area contributed by atoms with Gasteiger partial charge >= 0.3 is 0 Å². The molecule has 3 fully saturated rings. The number of ether oxygens (including phenoxy) is 1. The minimum absolute atomic E-state index is 0.0461. The maximum absolute atomic E-state index is 10.2. The number of aliphatic hydroxyl groups excluding tert-OH is 1. The van der Waals surface area contributed by atoms with E-state index in [4.69, 9.17) is 4.74 Å². The lowest BCUT2D eigenvalue weighted by molar-refractivity contribution is 0.0119. The molecule has 1 N–H and O–H groups in total. The van der Waals surface area contributed by atoms with Gasteiger partial charge in [0.05, 0.1) is 19.2 Å². The Hall–Kier alpha value is -2.69. The molecule has 5 atom stereocenters. The van der Waals surface area contributed by atoms with Gasteiger partial charge in [-0.3, -0.25) is 9.88 Å². The van der Waals surface area contributed by atoms with E-state index in [1.54, 1.807) is 7.11 Å². The largest absolute Gasteiger partial charge is 0.497 e. The zero-order valence-corrected chi connectivity index (χ0v) is 18.1. The highest BCUT2D eigenvalue weighted by molar-refractivity contribution is 5.84. The summed E-state index contributed by atoms with van der Waals surface area (Å²) >= 11 is 0. The van der Waals surface area contributed by atoms with Gasteiger partial charge in [-0.1, -0.05) is 30.3 Å². The minimum atomic E-state index is 0.0461. The van der Waals surface area contributed by atoms with Gasteiger partial charge in [0.15, 0.2) is 0 Å². The molecule has 0 amide bonds. The first-order chi connectivity index (χ1) is 15.2. The summed E-state index contributed by atoms with van der Waals surface area (Å²) in [6.07, 6.45) is 6.46.